The van der Waals surface area contributed by atoms with E-state index in [0.29, 0.717) is 36.6 Å². The van der Waals surface area contributed by atoms with Crippen LogP contribution in [-0.4, -0.2) is 67.3 Å². The van der Waals surface area contributed by atoms with Crippen molar-refractivity contribution in [3.05, 3.63) is 45.9 Å². The maximum atomic E-state index is 13.1. The Morgan fingerprint density at radius 1 is 1.15 bits per heavy atom. The van der Waals surface area contributed by atoms with Crippen LogP contribution in [0.4, 0.5) is 19.0 Å². The van der Waals surface area contributed by atoms with Gasteiger partial charge in [0.1, 0.15) is 0 Å². The standard InChI is InChI=1S/C27H36F3N7O2/c1-5-20-15-35(17(3)14-36(20)22(6-2)18-9-11-19(12-10-18)27(28,29)30)24-23-25(34(4)26(38)31-24)37(33-32-23)16-21-8-7-13-39-21/h9-12,17,20-22H,5-8,13-16H2,1-4H3/t17-,20+,21+,22-/m0/s1. The van der Waals surface area contributed by atoms with Gasteiger partial charge in [-0.25, -0.2) is 9.48 Å². The Morgan fingerprint density at radius 2 is 1.90 bits per heavy atom. The van der Waals surface area contributed by atoms with Crippen molar-refractivity contribution in [3.8, 4) is 0 Å². The minimum atomic E-state index is -4.36. The fourth-order valence-electron chi connectivity index (χ4n) is 6.06. The van der Waals surface area contributed by atoms with E-state index < -0.39 is 11.7 Å². The molecule has 9 nitrogen and oxygen atoms in total. The van der Waals surface area contributed by atoms with Crippen molar-refractivity contribution in [2.24, 2.45) is 7.05 Å². The SMILES string of the molecule is CC[C@@H]1CN(c2nc(=O)n(C)c3c2nnn3C[C@H]2CCCO2)[C@@H](C)CN1[C@@H](CC)c1ccc(C(F)(F)F)cc1. The van der Waals surface area contributed by atoms with Crippen LogP contribution < -0.4 is 10.6 Å². The normalized spacial score (nSPS) is 23.6. The minimum Gasteiger partial charge on any atom is -0.376 e. The quantitative estimate of drug-likeness (QED) is 0.439. The van der Waals surface area contributed by atoms with Gasteiger partial charge in [-0.05, 0) is 50.3 Å². The largest absolute Gasteiger partial charge is 0.416 e. The summed E-state index contributed by atoms with van der Waals surface area (Å²) in [6.45, 7) is 8.79. The number of halogens is 3. The van der Waals surface area contributed by atoms with Gasteiger partial charge in [-0.2, -0.15) is 18.2 Å². The highest BCUT2D eigenvalue weighted by Gasteiger charge is 2.37. The summed E-state index contributed by atoms with van der Waals surface area (Å²) in [5.74, 6) is 0.528. The molecule has 0 bridgehead atoms. The Labute approximate surface area is 225 Å². The van der Waals surface area contributed by atoms with Gasteiger partial charge in [-0.1, -0.05) is 31.2 Å². The van der Waals surface area contributed by atoms with Crippen molar-refractivity contribution in [2.75, 3.05) is 24.6 Å². The Bertz CT molecular complexity index is 1350. The van der Waals surface area contributed by atoms with Crippen molar-refractivity contribution >= 4 is 17.0 Å². The highest BCUT2D eigenvalue weighted by molar-refractivity contribution is 5.83. The number of alkyl halides is 3. The molecule has 5 rings (SSSR count). The first-order valence-corrected chi connectivity index (χ1v) is 13.7. The number of benzene rings is 1. The van der Waals surface area contributed by atoms with E-state index in [1.54, 1.807) is 23.9 Å². The molecular formula is C27H36F3N7O2. The second-order valence-corrected chi connectivity index (χ2v) is 10.7. The molecule has 12 heteroatoms. The van der Waals surface area contributed by atoms with E-state index in [1.807, 2.05) is 0 Å². The number of hydrogen-bond donors (Lipinski definition) is 0. The van der Waals surface area contributed by atoms with Crippen molar-refractivity contribution in [1.82, 2.24) is 29.4 Å². The van der Waals surface area contributed by atoms with Gasteiger partial charge < -0.3 is 9.64 Å². The topological polar surface area (TPSA) is 81.3 Å². The minimum absolute atomic E-state index is 0.0116. The van der Waals surface area contributed by atoms with Gasteiger partial charge in [0.25, 0.3) is 0 Å². The summed E-state index contributed by atoms with van der Waals surface area (Å²) in [4.78, 5) is 21.9. The molecule has 2 saturated heterocycles. The van der Waals surface area contributed by atoms with E-state index in [9.17, 15) is 18.0 Å². The lowest BCUT2D eigenvalue weighted by atomic mass is 9.95. The number of nitrogens with zero attached hydrogens (tertiary/aromatic N) is 7. The van der Waals surface area contributed by atoms with E-state index in [1.165, 1.54) is 16.7 Å². The number of aryl methyl sites for hydroxylation is 1. The maximum absolute atomic E-state index is 13.1. The van der Waals surface area contributed by atoms with Gasteiger partial charge in [0, 0.05) is 44.9 Å². The van der Waals surface area contributed by atoms with Crippen LogP contribution in [-0.2, 0) is 24.5 Å². The molecule has 0 N–H and O–H groups in total. The van der Waals surface area contributed by atoms with Crippen LogP contribution in [0.5, 0.6) is 0 Å². The Kier molecular flexibility index (Phi) is 7.69. The average molecular weight is 548 g/mol. The molecule has 212 valence electrons. The Morgan fingerprint density at radius 3 is 2.51 bits per heavy atom. The summed E-state index contributed by atoms with van der Waals surface area (Å²) >= 11 is 0. The average Bonchev–Trinajstić information content (AvgIpc) is 3.58. The molecule has 2 fully saturated rings. The third-order valence-corrected chi connectivity index (χ3v) is 8.16. The van der Waals surface area contributed by atoms with Crippen LogP contribution in [0.1, 0.15) is 63.6 Å². The molecule has 0 aliphatic carbocycles. The predicted octanol–water partition coefficient (Wildman–Crippen LogP) is 4.16. The molecule has 0 unspecified atom stereocenters. The molecule has 2 aliphatic heterocycles. The van der Waals surface area contributed by atoms with Gasteiger partial charge in [0.05, 0.1) is 18.2 Å². The summed E-state index contributed by atoms with van der Waals surface area (Å²) in [6.07, 6.45) is -0.759. The fraction of sp³-hybridized carbons (Fsp3) is 0.630. The van der Waals surface area contributed by atoms with Crippen LogP contribution in [0.2, 0.25) is 0 Å². The number of fused-ring (bicyclic) bond motifs is 1. The third kappa shape index (κ3) is 5.28. The van der Waals surface area contributed by atoms with Crippen molar-refractivity contribution < 1.29 is 17.9 Å². The van der Waals surface area contributed by atoms with Crippen molar-refractivity contribution in [3.63, 3.8) is 0 Å². The third-order valence-electron chi connectivity index (χ3n) is 8.16. The van der Waals surface area contributed by atoms with Gasteiger partial charge >= 0.3 is 11.9 Å². The summed E-state index contributed by atoms with van der Waals surface area (Å²) in [5.41, 5.74) is 1.07. The lowest BCUT2D eigenvalue weighted by Crippen LogP contribution is -2.58. The zero-order valence-electron chi connectivity index (χ0n) is 22.9. The molecule has 0 amide bonds. The van der Waals surface area contributed by atoms with Crippen LogP contribution in [0.3, 0.4) is 0 Å². The second-order valence-electron chi connectivity index (χ2n) is 10.7. The maximum Gasteiger partial charge on any atom is 0.416 e. The second kappa shape index (κ2) is 10.9. The molecule has 0 saturated carbocycles. The first-order valence-electron chi connectivity index (χ1n) is 13.7. The number of ether oxygens (including phenoxy) is 1. The lowest BCUT2D eigenvalue weighted by molar-refractivity contribution is -0.137. The monoisotopic (exact) mass is 547 g/mol. The zero-order chi connectivity index (χ0) is 27.9. The number of hydrogen-bond acceptors (Lipinski definition) is 7. The molecule has 4 atom stereocenters. The molecular weight excluding hydrogens is 511 g/mol. The van der Waals surface area contributed by atoms with Gasteiger partial charge in [-0.3, -0.25) is 9.47 Å². The summed E-state index contributed by atoms with van der Waals surface area (Å²) in [7, 11) is 1.68. The smallest absolute Gasteiger partial charge is 0.376 e. The van der Waals surface area contributed by atoms with Gasteiger partial charge in [0.2, 0.25) is 0 Å². The Balaban J connectivity index is 1.44. The number of anilines is 1. The summed E-state index contributed by atoms with van der Waals surface area (Å²) in [6, 6.07) is 5.60. The molecule has 0 radical (unpaired) electrons. The molecule has 2 aliphatic rings. The van der Waals surface area contributed by atoms with Crippen LogP contribution in [0.15, 0.2) is 29.1 Å². The molecule has 1 aromatic carbocycles. The highest BCUT2D eigenvalue weighted by atomic mass is 19.4. The lowest BCUT2D eigenvalue weighted by Gasteiger charge is -2.48. The number of piperazine rings is 1. The van der Waals surface area contributed by atoms with Crippen molar-refractivity contribution in [1.29, 1.82) is 0 Å². The zero-order valence-corrected chi connectivity index (χ0v) is 22.9. The van der Waals surface area contributed by atoms with Crippen molar-refractivity contribution in [2.45, 2.75) is 83.4 Å². The van der Waals surface area contributed by atoms with Crippen LogP contribution >= 0.6 is 0 Å². The predicted molar refractivity (Wildman–Crippen MR) is 142 cm³/mol. The molecule has 39 heavy (non-hydrogen) atoms. The number of rotatable bonds is 7. The van der Waals surface area contributed by atoms with Gasteiger partial charge in [0.15, 0.2) is 17.0 Å². The summed E-state index contributed by atoms with van der Waals surface area (Å²) < 4.78 is 48.4. The molecule has 0 spiro atoms. The first kappa shape index (κ1) is 27.6. The Hall–Kier alpha value is -2.99. The summed E-state index contributed by atoms with van der Waals surface area (Å²) in [5, 5.41) is 8.83. The van der Waals surface area contributed by atoms with Crippen LogP contribution in [0, 0.1) is 0 Å². The molecule has 2 aromatic heterocycles. The van der Waals surface area contributed by atoms with E-state index in [0.717, 1.165) is 37.9 Å². The van der Waals surface area contributed by atoms with Crippen LogP contribution in [0.25, 0.3) is 11.2 Å². The van der Waals surface area contributed by atoms with E-state index in [4.69, 9.17) is 4.74 Å². The van der Waals surface area contributed by atoms with E-state index >= 15 is 0 Å². The molecule has 4 heterocycles. The van der Waals surface area contributed by atoms with Gasteiger partial charge in [-0.15, -0.1) is 5.10 Å². The fourth-order valence-corrected chi connectivity index (χ4v) is 6.06. The number of aromatic nitrogens is 5. The molecule has 3 aromatic rings. The van der Waals surface area contributed by atoms with E-state index in [2.05, 4.69) is 45.9 Å². The highest BCUT2D eigenvalue weighted by Crippen LogP contribution is 2.36. The first-order chi connectivity index (χ1) is 18.6. The van der Waals surface area contributed by atoms with E-state index in [-0.39, 0.29) is 29.9 Å².